The molecule has 1 unspecified atom stereocenters. The van der Waals surface area contributed by atoms with Crippen molar-refractivity contribution in [3.8, 4) is 5.75 Å². The SMILES string of the molecule is CCOC(=O)C(CCN(C)c1ccccc1OC)NC. The smallest absolute Gasteiger partial charge is 0.323 e. The molecule has 1 N–H and O–H groups in total. The molecule has 1 atom stereocenters. The molecule has 112 valence electrons. The summed E-state index contributed by atoms with van der Waals surface area (Å²) in [7, 11) is 5.40. The van der Waals surface area contributed by atoms with Crippen LogP contribution in [-0.2, 0) is 9.53 Å². The Morgan fingerprint density at radius 2 is 2.10 bits per heavy atom. The summed E-state index contributed by atoms with van der Waals surface area (Å²) in [5, 5.41) is 2.99. The van der Waals surface area contributed by atoms with Crippen LogP contribution in [0.2, 0.25) is 0 Å². The highest BCUT2D eigenvalue weighted by Crippen LogP contribution is 2.26. The standard InChI is InChI=1S/C15H24N2O3/c1-5-20-15(18)12(16-2)10-11-17(3)13-8-6-7-9-14(13)19-4/h6-9,12,16H,5,10-11H2,1-4H3. The number of carbonyl (C=O) groups is 1. The van der Waals surface area contributed by atoms with Gasteiger partial charge in [-0.25, -0.2) is 0 Å². The summed E-state index contributed by atoms with van der Waals surface area (Å²) >= 11 is 0. The van der Waals surface area contributed by atoms with E-state index < -0.39 is 0 Å². The molecule has 0 spiro atoms. The van der Waals surface area contributed by atoms with Gasteiger partial charge in [0.1, 0.15) is 11.8 Å². The number of likely N-dealkylation sites (N-methyl/N-ethyl adjacent to an activating group) is 1. The second kappa shape index (κ2) is 8.43. The molecule has 5 heteroatoms. The molecule has 0 aromatic heterocycles. The average molecular weight is 280 g/mol. The zero-order chi connectivity index (χ0) is 15.0. The minimum atomic E-state index is -0.285. The van der Waals surface area contributed by atoms with Crippen molar-refractivity contribution in [1.29, 1.82) is 0 Å². The first-order valence-corrected chi connectivity index (χ1v) is 6.82. The van der Waals surface area contributed by atoms with Gasteiger partial charge in [-0.3, -0.25) is 4.79 Å². The quantitative estimate of drug-likeness (QED) is 0.734. The molecule has 0 radical (unpaired) electrons. The summed E-state index contributed by atoms with van der Waals surface area (Å²) in [6.45, 7) is 2.94. The maximum atomic E-state index is 11.7. The van der Waals surface area contributed by atoms with Gasteiger partial charge in [0, 0.05) is 13.6 Å². The molecule has 0 aliphatic heterocycles. The van der Waals surface area contributed by atoms with E-state index in [1.54, 1.807) is 14.2 Å². The first-order chi connectivity index (χ1) is 9.63. The van der Waals surface area contributed by atoms with Gasteiger partial charge in [-0.05, 0) is 32.5 Å². The number of hydrogen-bond donors (Lipinski definition) is 1. The Balaban J connectivity index is 2.61. The van der Waals surface area contributed by atoms with Crippen LogP contribution in [0, 0.1) is 0 Å². The summed E-state index contributed by atoms with van der Waals surface area (Å²) in [4.78, 5) is 13.8. The molecule has 0 amide bonds. The number of esters is 1. The largest absolute Gasteiger partial charge is 0.495 e. The first-order valence-electron chi connectivity index (χ1n) is 6.82. The lowest BCUT2D eigenvalue weighted by Crippen LogP contribution is -2.38. The highest BCUT2D eigenvalue weighted by atomic mass is 16.5. The minimum Gasteiger partial charge on any atom is -0.495 e. The number of rotatable bonds is 8. The predicted octanol–water partition coefficient (Wildman–Crippen LogP) is 1.67. The highest BCUT2D eigenvalue weighted by molar-refractivity contribution is 5.75. The molecule has 1 rings (SSSR count). The molecule has 0 heterocycles. The fourth-order valence-corrected chi connectivity index (χ4v) is 2.01. The monoisotopic (exact) mass is 280 g/mol. The van der Waals surface area contributed by atoms with E-state index in [0.29, 0.717) is 13.0 Å². The lowest BCUT2D eigenvalue weighted by molar-refractivity contribution is -0.145. The van der Waals surface area contributed by atoms with Gasteiger partial charge in [0.25, 0.3) is 0 Å². The van der Waals surface area contributed by atoms with Crippen molar-refractivity contribution in [2.45, 2.75) is 19.4 Å². The van der Waals surface area contributed by atoms with Crippen molar-refractivity contribution in [3.05, 3.63) is 24.3 Å². The summed E-state index contributed by atoms with van der Waals surface area (Å²) in [6, 6.07) is 7.54. The number of ether oxygens (including phenoxy) is 2. The Hall–Kier alpha value is -1.75. The number of anilines is 1. The van der Waals surface area contributed by atoms with E-state index in [1.165, 1.54) is 0 Å². The molecule has 0 fully saturated rings. The van der Waals surface area contributed by atoms with Crippen LogP contribution in [0.15, 0.2) is 24.3 Å². The van der Waals surface area contributed by atoms with Gasteiger partial charge in [0.15, 0.2) is 0 Å². The number of nitrogens with zero attached hydrogens (tertiary/aromatic N) is 1. The Kier molecular flexibility index (Phi) is 6.87. The fourth-order valence-electron chi connectivity index (χ4n) is 2.01. The van der Waals surface area contributed by atoms with E-state index in [4.69, 9.17) is 9.47 Å². The minimum absolute atomic E-state index is 0.205. The van der Waals surface area contributed by atoms with Crippen LogP contribution >= 0.6 is 0 Å². The molecule has 0 saturated carbocycles. The third kappa shape index (κ3) is 4.42. The van der Waals surface area contributed by atoms with Crippen LogP contribution in [0.1, 0.15) is 13.3 Å². The fraction of sp³-hybridized carbons (Fsp3) is 0.533. The number of nitrogens with one attached hydrogen (secondary N) is 1. The molecule has 0 bridgehead atoms. The number of para-hydroxylation sites is 2. The maximum absolute atomic E-state index is 11.7. The third-order valence-corrected chi connectivity index (χ3v) is 3.17. The summed E-state index contributed by atoms with van der Waals surface area (Å²) in [5.74, 6) is 0.621. The van der Waals surface area contributed by atoms with Crippen molar-refractivity contribution >= 4 is 11.7 Å². The van der Waals surface area contributed by atoms with E-state index in [1.807, 2.05) is 38.2 Å². The first kappa shape index (κ1) is 16.3. The molecule has 20 heavy (non-hydrogen) atoms. The van der Waals surface area contributed by atoms with Crippen LogP contribution in [0.3, 0.4) is 0 Å². The highest BCUT2D eigenvalue weighted by Gasteiger charge is 2.18. The maximum Gasteiger partial charge on any atom is 0.323 e. The molecule has 0 aliphatic carbocycles. The topological polar surface area (TPSA) is 50.8 Å². The van der Waals surface area contributed by atoms with Crippen molar-refractivity contribution in [2.75, 3.05) is 39.3 Å². The summed E-state index contributed by atoms with van der Waals surface area (Å²) in [5.41, 5.74) is 1.01. The van der Waals surface area contributed by atoms with Gasteiger partial charge in [0.05, 0.1) is 19.4 Å². The average Bonchev–Trinajstić information content (AvgIpc) is 2.47. The van der Waals surface area contributed by atoms with Gasteiger partial charge in [-0.2, -0.15) is 0 Å². The van der Waals surface area contributed by atoms with Gasteiger partial charge in [0.2, 0.25) is 0 Å². The van der Waals surface area contributed by atoms with Crippen LogP contribution < -0.4 is 15.0 Å². The van der Waals surface area contributed by atoms with Gasteiger partial charge in [-0.15, -0.1) is 0 Å². The van der Waals surface area contributed by atoms with E-state index in [0.717, 1.165) is 18.0 Å². The van der Waals surface area contributed by atoms with Gasteiger partial charge >= 0.3 is 5.97 Å². The lowest BCUT2D eigenvalue weighted by Gasteiger charge is -2.23. The second-order valence-corrected chi connectivity index (χ2v) is 4.48. The predicted molar refractivity (Wildman–Crippen MR) is 80.4 cm³/mol. The molecule has 5 nitrogen and oxygen atoms in total. The van der Waals surface area contributed by atoms with Gasteiger partial charge < -0.3 is 19.7 Å². The van der Waals surface area contributed by atoms with Crippen molar-refractivity contribution in [2.24, 2.45) is 0 Å². The summed E-state index contributed by atoms with van der Waals surface area (Å²) in [6.07, 6.45) is 0.671. The Morgan fingerprint density at radius 3 is 2.70 bits per heavy atom. The second-order valence-electron chi connectivity index (χ2n) is 4.48. The van der Waals surface area contributed by atoms with E-state index in [2.05, 4.69) is 10.2 Å². The summed E-state index contributed by atoms with van der Waals surface area (Å²) < 4.78 is 10.4. The molecule has 1 aromatic carbocycles. The number of methoxy groups -OCH3 is 1. The number of benzene rings is 1. The van der Waals surface area contributed by atoms with Gasteiger partial charge in [-0.1, -0.05) is 12.1 Å². The van der Waals surface area contributed by atoms with E-state index >= 15 is 0 Å². The number of carbonyl (C=O) groups excluding carboxylic acids is 1. The molecule has 1 aromatic rings. The zero-order valence-electron chi connectivity index (χ0n) is 12.7. The Bertz CT molecular complexity index is 423. The molecule has 0 aliphatic rings. The van der Waals surface area contributed by atoms with Crippen LogP contribution in [0.4, 0.5) is 5.69 Å². The normalized spacial score (nSPS) is 11.8. The number of hydrogen-bond acceptors (Lipinski definition) is 5. The van der Waals surface area contributed by atoms with Crippen molar-refractivity contribution < 1.29 is 14.3 Å². The van der Waals surface area contributed by atoms with Crippen LogP contribution in [-0.4, -0.2) is 46.4 Å². The van der Waals surface area contributed by atoms with Crippen molar-refractivity contribution in [1.82, 2.24) is 5.32 Å². The van der Waals surface area contributed by atoms with E-state index in [9.17, 15) is 4.79 Å². The van der Waals surface area contributed by atoms with Crippen molar-refractivity contribution in [3.63, 3.8) is 0 Å². The van der Waals surface area contributed by atoms with E-state index in [-0.39, 0.29) is 12.0 Å². The van der Waals surface area contributed by atoms with Crippen LogP contribution in [0.5, 0.6) is 5.75 Å². The third-order valence-electron chi connectivity index (χ3n) is 3.17. The molecular weight excluding hydrogens is 256 g/mol. The zero-order valence-corrected chi connectivity index (χ0v) is 12.7. The Morgan fingerprint density at radius 1 is 1.40 bits per heavy atom. The molecule has 0 saturated heterocycles. The Labute approximate surface area is 120 Å². The lowest BCUT2D eigenvalue weighted by atomic mass is 10.2. The molecular formula is C15H24N2O3. The van der Waals surface area contributed by atoms with Crippen LogP contribution in [0.25, 0.3) is 0 Å².